The molecule has 3 atom stereocenters. The number of amides is 1. The molecular formula is C17H26Cl2N2O3. The number of nitrogens with one attached hydrogen (secondary N) is 2. The van der Waals surface area contributed by atoms with E-state index < -0.39 is 12.1 Å². The van der Waals surface area contributed by atoms with Crippen molar-refractivity contribution in [3.8, 4) is 5.75 Å². The molecule has 5 nitrogen and oxygen atoms in total. The number of hydrogen-bond acceptors (Lipinski definition) is 4. The fourth-order valence-corrected chi connectivity index (χ4v) is 2.22. The van der Waals surface area contributed by atoms with Crippen LogP contribution < -0.4 is 15.4 Å². The molecule has 136 valence electrons. The van der Waals surface area contributed by atoms with Gasteiger partial charge in [-0.15, -0.1) is 24.0 Å². The third-order valence-corrected chi connectivity index (χ3v) is 3.81. The van der Waals surface area contributed by atoms with E-state index in [2.05, 4.69) is 17.2 Å². The molecule has 0 saturated heterocycles. The lowest BCUT2D eigenvalue weighted by Gasteiger charge is -2.24. The monoisotopic (exact) mass is 376 g/mol. The van der Waals surface area contributed by atoms with Crippen molar-refractivity contribution in [1.29, 1.82) is 0 Å². The Kier molecular flexibility index (Phi) is 11.5. The molecule has 0 spiro atoms. The molecule has 1 rings (SSSR count). The van der Waals surface area contributed by atoms with Gasteiger partial charge in [-0.25, -0.2) is 0 Å². The summed E-state index contributed by atoms with van der Waals surface area (Å²) in [6.45, 7) is 5.79. The number of alkyl halides is 1. The van der Waals surface area contributed by atoms with Crippen molar-refractivity contribution in [3.05, 3.63) is 42.5 Å². The number of likely N-dealkylation sites (N-methyl/N-ethyl adjacent to an activating group) is 1. The summed E-state index contributed by atoms with van der Waals surface area (Å²) in [7, 11) is 1.71. The van der Waals surface area contributed by atoms with Crippen LogP contribution in [0.3, 0.4) is 0 Å². The van der Waals surface area contributed by atoms with Gasteiger partial charge in [-0.2, -0.15) is 0 Å². The zero-order chi connectivity index (χ0) is 17.2. The molecule has 1 aromatic rings. The molecule has 0 heterocycles. The van der Waals surface area contributed by atoms with Crippen LogP contribution in [0.25, 0.3) is 0 Å². The lowest BCUT2D eigenvalue weighted by atomic mass is 10.0. The second kappa shape index (κ2) is 12.1. The van der Waals surface area contributed by atoms with E-state index >= 15 is 0 Å². The number of aliphatic hydroxyl groups excluding tert-OH is 1. The molecule has 0 aliphatic heterocycles. The standard InChI is InChI=1S/C17H25ClN2O3.ClH/c1-4-8-23-14-7-5-6-13(9-14)10-15(16(21)11-18)20-17(22)12(2)19-3;/h4-7,9,12,15-16,19,21H,1,8,10-11H2,2-3H3,(H,20,22);1H/t12?,15-,16+;/m0./s1. The minimum Gasteiger partial charge on any atom is -0.490 e. The normalized spacial score (nSPS) is 14.0. The van der Waals surface area contributed by atoms with Crippen molar-refractivity contribution < 1.29 is 14.6 Å². The number of rotatable bonds is 10. The smallest absolute Gasteiger partial charge is 0.237 e. The van der Waals surface area contributed by atoms with Gasteiger partial charge in [0.2, 0.25) is 5.91 Å². The number of carbonyl (C=O) groups is 1. The van der Waals surface area contributed by atoms with Crippen molar-refractivity contribution in [2.45, 2.75) is 31.5 Å². The lowest BCUT2D eigenvalue weighted by molar-refractivity contribution is -0.124. The number of hydrogen-bond donors (Lipinski definition) is 3. The SMILES string of the molecule is C=CCOc1cccc(C[C@H](NC(=O)C(C)NC)[C@H](O)CCl)c1.Cl. The zero-order valence-corrected chi connectivity index (χ0v) is 15.6. The summed E-state index contributed by atoms with van der Waals surface area (Å²) < 4.78 is 5.50. The third-order valence-electron chi connectivity index (χ3n) is 3.50. The van der Waals surface area contributed by atoms with Gasteiger partial charge < -0.3 is 20.5 Å². The molecule has 0 radical (unpaired) electrons. The van der Waals surface area contributed by atoms with Gasteiger partial charge in [0.15, 0.2) is 0 Å². The summed E-state index contributed by atoms with van der Waals surface area (Å²) in [5.41, 5.74) is 0.943. The van der Waals surface area contributed by atoms with Crippen LogP contribution in [-0.2, 0) is 11.2 Å². The molecule has 0 aromatic heterocycles. The van der Waals surface area contributed by atoms with Crippen molar-refractivity contribution in [2.24, 2.45) is 0 Å². The molecular weight excluding hydrogens is 351 g/mol. The maximum absolute atomic E-state index is 12.0. The number of aliphatic hydroxyl groups is 1. The summed E-state index contributed by atoms with van der Waals surface area (Å²) in [5, 5.41) is 15.8. The van der Waals surface area contributed by atoms with Crippen LogP contribution in [0.5, 0.6) is 5.75 Å². The first-order chi connectivity index (χ1) is 11.0. The highest BCUT2D eigenvalue weighted by Crippen LogP contribution is 2.16. The number of ether oxygens (including phenoxy) is 1. The molecule has 1 unspecified atom stereocenters. The Morgan fingerprint density at radius 1 is 1.50 bits per heavy atom. The van der Waals surface area contributed by atoms with Crippen LogP contribution in [0.2, 0.25) is 0 Å². The van der Waals surface area contributed by atoms with Crippen LogP contribution in [0, 0.1) is 0 Å². The molecule has 1 aromatic carbocycles. The van der Waals surface area contributed by atoms with Gasteiger partial charge in [0, 0.05) is 0 Å². The van der Waals surface area contributed by atoms with Crippen LogP contribution in [0.4, 0.5) is 0 Å². The molecule has 0 aliphatic carbocycles. The molecule has 3 N–H and O–H groups in total. The van der Waals surface area contributed by atoms with E-state index in [-0.39, 0.29) is 30.2 Å². The van der Waals surface area contributed by atoms with Gasteiger partial charge >= 0.3 is 0 Å². The predicted molar refractivity (Wildman–Crippen MR) is 100 cm³/mol. The maximum atomic E-state index is 12.0. The van der Waals surface area contributed by atoms with Gasteiger partial charge in [0.1, 0.15) is 12.4 Å². The topological polar surface area (TPSA) is 70.6 Å². The Labute approximate surface area is 154 Å². The summed E-state index contributed by atoms with van der Waals surface area (Å²) in [6, 6.07) is 6.71. The van der Waals surface area contributed by atoms with Crippen LogP contribution in [0.1, 0.15) is 12.5 Å². The van der Waals surface area contributed by atoms with E-state index in [0.29, 0.717) is 13.0 Å². The third kappa shape index (κ3) is 7.53. The second-order valence-electron chi connectivity index (χ2n) is 5.30. The Balaban J connectivity index is 0.00000529. The molecule has 0 bridgehead atoms. The quantitative estimate of drug-likeness (QED) is 0.430. The number of halogens is 2. The Morgan fingerprint density at radius 2 is 2.21 bits per heavy atom. The van der Waals surface area contributed by atoms with E-state index in [4.69, 9.17) is 16.3 Å². The van der Waals surface area contributed by atoms with Gasteiger partial charge in [-0.05, 0) is 38.1 Å². The summed E-state index contributed by atoms with van der Waals surface area (Å²) in [6.07, 6.45) is 1.30. The van der Waals surface area contributed by atoms with Crippen molar-refractivity contribution in [1.82, 2.24) is 10.6 Å². The maximum Gasteiger partial charge on any atom is 0.237 e. The van der Waals surface area contributed by atoms with Crippen molar-refractivity contribution in [3.63, 3.8) is 0 Å². The largest absolute Gasteiger partial charge is 0.490 e. The minimum absolute atomic E-state index is 0. The van der Waals surface area contributed by atoms with Crippen LogP contribution in [-0.4, -0.2) is 48.7 Å². The first kappa shape index (κ1) is 22.7. The zero-order valence-electron chi connectivity index (χ0n) is 14.0. The van der Waals surface area contributed by atoms with Crippen LogP contribution in [0.15, 0.2) is 36.9 Å². The summed E-state index contributed by atoms with van der Waals surface area (Å²) in [5.74, 6) is 0.586. The number of carbonyl (C=O) groups excluding carboxylic acids is 1. The number of benzene rings is 1. The second-order valence-corrected chi connectivity index (χ2v) is 5.61. The molecule has 7 heteroatoms. The van der Waals surface area contributed by atoms with Crippen molar-refractivity contribution in [2.75, 3.05) is 19.5 Å². The Hall–Kier alpha value is -1.27. The first-order valence-electron chi connectivity index (χ1n) is 7.56. The van der Waals surface area contributed by atoms with Gasteiger partial charge in [-0.3, -0.25) is 4.79 Å². The fraction of sp³-hybridized carbons (Fsp3) is 0.471. The fourth-order valence-electron chi connectivity index (χ4n) is 2.00. The van der Waals surface area contributed by atoms with E-state index in [1.54, 1.807) is 20.0 Å². The average Bonchev–Trinajstić information content (AvgIpc) is 2.58. The minimum atomic E-state index is -0.831. The predicted octanol–water partition coefficient (Wildman–Crippen LogP) is 1.91. The van der Waals surface area contributed by atoms with Crippen LogP contribution >= 0.6 is 24.0 Å². The average molecular weight is 377 g/mol. The van der Waals surface area contributed by atoms with E-state index in [0.717, 1.165) is 11.3 Å². The molecule has 24 heavy (non-hydrogen) atoms. The highest BCUT2D eigenvalue weighted by atomic mass is 35.5. The van der Waals surface area contributed by atoms with E-state index in [9.17, 15) is 9.90 Å². The van der Waals surface area contributed by atoms with Gasteiger partial charge in [-0.1, -0.05) is 24.8 Å². The Morgan fingerprint density at radius 3 is 2.79 bits per heavy atom. The molecule has 0 aliphatic rings. The van der Waals surface area contributed by atoms with Gasteiger partial charge in [0.05, 0.1) is 24.1 Å². The Bertz CT molecular complexity index is 514. The van der Waals surface area contributed by atoms with Gasteiger partial charge in [0.25, 0.3) is 0 Å². The summed E-state index contributed by atoms with van der Waals surface area (Å²) in [4.78, 5) is 12.0. The first-order valence-corrected chi connectivity index (χ1v) is 8.09. The molecule has 0 saturated carbocycles. The molecule has 1 amide bonds. The molecule has 0 fully saturated rings. The van der Waals surface area contributed by atoms with Crippen molar-refractivity contribution >= 4 is 29.9 Å². The highest BCUT2D eigenvalue weighted by Gasteiger charge is 2.23. The summed E-state index contributed by atoms with van der Waals surface area (Å²) >= 11 is 5.76. The lowest BCUT2D eigenvalue weighted by Crippen LogP contribution is -2.51. The van der Waals surface area contributed by atoms with E-state index in [1.165, 1.54) is 0 Å². The van der Waals surface area contributed by atoms with E-state index in [1.807, 2.05) is 24.3 Å². The highest BCUT2D eigenvalue weighted by molar-refractivity contribution is 6.18.